The van der Waals surface area contributed by atoms with Crippen LogP contribution in [0.4, 0.5) is 11.4 Å². The topological polar surface area (TPSA) is 58.6 Å². The van der Waals surface area contributed by atoms with E-state index in [2.05, 4.69) is 5.32 Å². The fourth-order valence-electron chi connectivity index (χ4n) is 3.33. The second-order valence-corrected chi connectivity index (χ2v) is 10.3. The largest absolute Gasteiger partial charge is 0.484 e. The molecule has 4 rings (SSSR count). The summed E-state index contributed by atoms with van der Waals surface area (Å²) in [5.74, 6) is 0.0669. The fraction of sp³-hybridized carbons (Fsp3) is 0.115. The quantitative estimate of drug-likeness (QED) is 0.267. The van der Waals surface area contributed by atoms with Gasteiger partial charge in [0.15, 0.2) is 10.9 Å². The number of aryl methyl sites for hydroxylation is 2. The van der Waals surface area contributed by atoms with Crippen molar-refractivity contribution < 1.29 is 14.3 Å². The van der Waals surface area contributed by atoms with Crippen molar-refractivity contribution in [3.63, 3.8) is 0 Å². The van der Waals surface area contributed by atoms with Crippen molar-refractivity contribution in [3.05, 3.63) is 92.3 Å². The molecule has 0 aromatic heterocycles. The Kier molecular flexibility index (Phi) is 7.82. The molecule has 2 amide bonds. The van der Waals surface area contributed by atoms with Gasteiger partial charge in [0.25, 0.3) is 11.8 Å². The van der Waals surface area contributed by atoms with Crippen molar-refractivity contribution in [1.82, 2.24) is 0 Å². The molecule has 1 saturated heterocycles. The highest BCUT2D eigenvalue weighted by Gasteiger charge is 2.33. The Morgan fingerprint density at radius 2 is 1.80 bits per heavy atom. The molecule has 0 spiro atoms. The molecule has 3 aromatic rings. The lowest BCUT2D eigenvalue weighted by molar-refractivity contribution is -0.118. The molecule has 1 N–H and O–H groups in total. The number of rotatable bonds is 6. The number of nitrogens with one attached hydrogen (secondary N) is 1. The minimum atomic E-state index is -0.242. The van der Waals surface area contributed by atoms with Crippen LogP contribution >= 0.6 is 47.2 Å². The number of anilines is 2. The highest BCUT2D eigenvalue weighted by Crippen LogP contribution is 2.38. The van der Waals surface area contributed by atoms with Gasteiger partial charge in [0.1, 0.15) is 5.75 Å². The third-order valence-electron chi connectivity index (χ3n) is 5.17. The molecule has 0 saturated carbocycles. The molecule has 5 nitrogen and oxygen atoms in total. The minimum Gasteiger partial charge on any atom is -0.484 e. The van der Waals surface area contributed by atoms with Gasteiger partial charge < -0.3 is 10.1 Å². The van der Waals surface area contributed by atoms with Crippen LogP contribution in [0, 0.1) is 13.8 Å². The zero-order valence-electron chi connectivity index (χ0n) is 18.8. The van der Waals surface area contributed by atoms with E-state index in [-0.39, 0.29) is 18.4 Å². The van der Waals surface area contributed by atoms with Crippen LogP contribution in [-0.2, 0) is 9.59 Å². The molecule has 1 fully saturated rings. The number of thioether (sulfide) groups is 1. The molecule has 1 heterocycles. The summed E-state index contributed by atoms with van der Waals surface area (Å²) in [4.78, 5) is 27.2. The number of thiocarbonyl (C=S) groups is 1. The Balaban J connectivity index is 1.38. The summed E-state index contributed by atoms with van der Waals surface area (Å²) in [7, 11) is 0. The predicted molar refractivity (Wildman–Crippen MR) is 149 cm³/mol. The molecule has 0 bridgehead atoms. The van der Waals surface area contributed by atoms with E-state index in [9.17, 15) is 9.59 Å². The fourth-order valence-corrected chi connectivity index (χ4v) is 4.92. The van der Waals surface area contributed by atoms with E-state index >= 15 is 0 Å². The molecular formula is C26H20Cl2N2O3S2. The van der Waals surface area contributed by atoms with Crippen molar-refractivity contribution in [3.8, 4) is 5.75 Å². The van der Waals surface area contributed by atoms with E-state index in [4.69, 9.17) is 40.2 Å². The van der Waals surface area contributed by atoms with Gasteiger partial charge in [-0.1, -0.05) is 71.4 Å². The smallest absolute Gasteiger partial charge is 0.270 e. The Labute approximate surface area is 223 Å². The molecule has 0 atom stereocenters. The van der Waals surface area contributed by atoms with Crippen molar-refractivity contribution >= 4 is 80.8 Å². The third-order valence-corrected chi connectivity index (χ3v) is 7.21. The van der Waals surface area contributed by atoms with E-state index in [1.807, 2.05) is 44.2 Å². The summed E-state index contributed by atoms with van der Waals surface area (Å²) in [6.07, 6.45) is 1.76. The van der Waals surface area contributed by atoms with E-state index in [0.29, 0.717) is 30.7 Å². The van der Waals surface area contributed by atoms with Gasteiger partial charge in [0.2, 0.25) is 0 Å². The normalized spacial score (nSPS) is 14.5. The van der Waals surface area contributed by atoms with E-state index in [1.165, 1.54) is 16.7 Å². The predicted octanol–water partition coefficient (Wildman–Crippen LogP) is 7.03. The zero-order valence-corrected chi connectivity index (χ0v) is 21.9. The maximum Gasteiger partial charge on any atom is 0.270 e. The zero-order chi connectivity index (χ0) is 25.1. The highest BCUT2D eigenvalue weighted by atomic mass is 35.5. The van der Waals surface area contributed by atoms with Crippen molar-refractivity contribution in [2.24, 2.45) is 0 Å². The molecule has 1 aliphatic rings. The number of nitrogens with zero attached hydrogens (tertiary/aromatic N) is 1. The summed E-state index contributed by atoms with van der Waals surface area (Å²) < 4.78 is 6.02. The van der Waals surface area contributed by atoms with Crippen LogP contribution in [0.3, 0.4) is 0 Å². The molecule has 0 unspecified atom stereocenters. The first-order valence-corrected chi connectivity index (χ1v) is 12.5. The molecule has 178 valence electrons. The Morgan fingerprint density at radius 1 is 1.06 bits per heavy atom. The van der Waals surface area contributed by atoms with E-state index < -0.39 is 0 Å². The van der Waals surface area contributed by atoms with Gasteiger partial charge in [-0.05, 0) is 73.0 Å². The minimum absolute atomic E-state index is 0.116. The maximum atomic E-state index is 13.0. The van der Waals surface area contributed by atoms with Gasteiger partial charge in [-0.3, -0.25) is 14.5 Å². The van der Waals surface area contributed by atoms with Crippen LogP contribution in [0.25, 0.3) is 6.08 Å². The van der Waals surface area contributed by atoms with Crippen molar-refractivity contribution in [1.29, 1.82) is 0 Å². The summed E-state index contributed by atoms with van der Waals surface area (Å²) >= 11 is 18.7. The average molecular weight is 543 g/mol. The van der Waals surface area contributed by atoms with Crippen LogP contribution < -0.4 is 15.0 Å². The molecule has 1 aliphatic heterocycles. The maximum absolute atomic E-state index is 13.0. The SMILES string of the molecule is Cc1ccc(C)c(NC(=O)COc2ccc(/C=C3\SC(=S)N(c4ccc(Cl)c(Cl)c4)C3=O)cc2)c1. The van der Waals surface area contributed by atoms with Crippen molar-refractivity contribution in [2.45, 2.75) is 13.8 Å². The summed E-state index contributed by atoms with van der Waals surface area (Å²) in [5, 5.41) is 3.62. The molecule has 3 aromatic carbocycles. The van der Waals surface area contributed by atoms with Crippen LogP contribution in [-0.4, -0.2) is 22.7 Å². The van der Waals surface area contributed by atoms with Crippen LogP contribution in [0.1, 0.15) is 16.7 Å². The molecule has 9 heteroatoms. The lowest BCUT2D eigenvalue weighted by Crippen LogP contribution is -2.27. The second-order valence-electron chi connectivity index (χ2n) is 7.84. The van der Waals surface area contributed by atoms with Gasteiger partial charge in [-0.2, -0.15) is 0 Å². The van der Waals surface area contributed by atoms with Gasteiger partial charge in [-0.15, -0.1) is 0 Å². The standard InChI is InChI=1S/C26H20Cl2N2O3S2/c1-15-3-4-16(2)22(11-15)29-24(31)14-33-19-8-5-17(6-9-19)12-23-25(32)30(26(34)35-23)18-7-10-20(27)21(28)13-18/h3-13H,14H2,1-2H3,(H,29,31)/b23-12-. The van der Waals surface area contributed by atoms with Gasteiger partial charge in [0, 0.05) is 5.69 Å². The van der Waals surface area contributed by atoms with E-state index in [1.54, 1.807) is 36.4 Å². The summed E-state index contributed by atoms with van der Waals surface area (Å²) in [5.41, 5.74) is 4.18. The number of carbonyl (C=O) groups is 2. The number of carbonyl (C=O) groups excluding carboxylic acids is 2. The monoisotopic (exact) mass is 542 g/mol. The number of ether oxygens (including phenoxy) is 1. The molecule has 0 radical (unpaired) electrons. The molecule has 35 heavy (non-hydrogen) atoms. The Bertz CT molecular complexity index is 1360. The van der Waals surface area contributed by atoms with Crippen molar-refractivity contribution in [2.75, 3.05) is 16.8 Å². The first-order valence-electron chi connectivity index (χ1n) is 10.5. The second kappa shape index (κ2) is 10.8. The van der Waals surface area contributed by atoms with Crippen LogP contribution in [0.5, 0.6) is 5.75 Å². The first-order chi connectivity index (χ1) is 16.7. The van der Waals surface area contributed by atoms with Gasteiger partial charge in [0.05, 0.1) is 20.6 Å². The lowest BCUT2D eigenvalue weighted by Gasteiger charge is -2.15. The van der Waals surface area contributed by atoms with Gasteiger partial charge >= 0.3 is 0 Å². The van der Waals surface area contributed by atoms with Crippen LogP contribution in [0.2, 0.25) is 10.0 Å². The Morgan fingerprint density at radius 3 is 2.51 bits per heavy atom. The Hall–Kier alpha value is -2.84. The van der Waals surface area contributed by atoms with Crippen LogP contribution in [0.15, 0.2) is 65.6 Å². The number of hydrogen-bond acceptors (Lipinski definition) is 5. The molecule has 0 aliphatic carbocycles. The number of benzene rings is 3. The highest BCUT2D eigenvalue weighted by molar-refractivity contribution is 8.27. The first kappa shape index (κ1) is 25.3. The summed E-state index contributed by atoms with van der Waals surface area (Å²) in [6, 6.07) is 17.9. The third kappa shape index (κ3) is 6.05. The lowest BCUT2D eigenvalue weighted by atomic mass is 10.1. The average Bonchev–Trinajstić information content (AvgIpc) is 3.10. The molecular weight excluding hydrogens is 523 g/mol. The number of amides is 2. The van der Waals surface area contributed by atoms with E-state index in [0.717, 1.165) is 22.4 Å². The summed E-state index contributed by atoms with van der Waals surface area (Å²) in [6.45, 7) is 3.79. The number of hydrogen-bond donors (Lipinski definition) is 1. The van der Waals surface area contributed by atoms with Gasteiger partial charge in [-0.25, -0.2) is 0 Å². The number of halogens is 2.